The average Bonchev–Trinajstić information content (AvgIpc) is 2.88. The van der Waals surface area contributed by atoms with Gasteiger partial charge in [-0.3, -0.25) is 14.3 Å². The normalized spacial score (nSPS) is 12.0. The Morgan fingerprint density at radius 3 is 2.74 bits per heavy atom. The highest BCUT2D eigenvalue weighted by Gasteiger charge is 2.19. The molecule has 0 radical (unpaired) electrons. The molecule has 0 aliphatic carbocycles. The number of aromatic nitrogens is 2. The Kier molecular flexibility index (Phi) is 5.10. The van der Waals surface area contributed by atoms with Crippen LogP contribution >= 0.6 is 0 Å². The maximum absolute atomic E-state index is 13.1. The number of aryl methyl sites for hydroxylation is 2. The lowest BCUT2D eigenvalue weighted by atomic mass is 10.0. The highest BCUT2D eigenvalue weighted by Crippen LogP contribution is 2.11. The minimum absolute atomic E-state index is 0.111. The molecule has 0 bridgehead atoms. The first-order valence-corrected chi connectivity index (χ1v) is 7.18. The van der Waals surface area contributed by atoms with Gasteiger partial charge in [0, 0.05) is 25.4 Å². The van der Waals surface area contributed by atoms with Crippen molar-refractivity contribution in [2.75, 3.05) is 6.54 Å². The van der Waals surface area contributed by atoms with Crippen molar-refractivity contribution in [2.24, 2.45) is 18.7 Å². The Bertz CT molecular complexity index is 727. The summed E-state index contributed by atoms with van der Waals surface area (Å²) in [4.78, 5) is 23.7. The fraction of sp³-hybridized carbons (Fsp3) is 0.312. The molecule has 3 N–H and O–H groups in total. The largest absolute Gasteiger partial charge is 0.369 e. The summed E-state index contributed by atoms with van der Waals surface area (Å²) in [5.74, 6) is -1.79. The molecule has 0 fully saturated rings. The Balaban J connectivity index is 2.00. The number of rotatable bonds is 6. The molecule has 0 saturated heterocycles. The van der Waals surface area contributed by atoms with E-state index in [0.29, 0.717) is 17.5 Å². The summed E-state index contributed by atoms with van der Waals surface area (Å²) < 4.78 is 14.7. The predicted molar refractivity (Wildman–Crippen MR) is 83.1 cm³/mol. The number of nitrogens with one attached hydrogen (secondary N) is 1. The maximum Gasteiger partial charge on any atom is 0.251 e. The van der Waals surface area contributed by atoms with E-state index in [1.54, 1.807) is 31.0 Å². The Labute approximate surface area is 133 Å². The third-order valence-electron chi connectivity index (χ3n) is 3.58. The maximum atomic E-state index is 13.1. The van der Waals surface area contributed by atoms with E-state index in [4.69, 9.17) is 5.73 Å². The number of benzene rings is 1. The van der Waals surface area contributed by atoms with Gasteiger partial charge in [-0.15, -0.1) is 0 Å². The van der Waals surface area contributed by atoms with Gasteiger partial charge in [-0.1, -0.05) is 0 Å². The fourth-order valence-electron chi connectivity index (χ4n) is 2.33. The molecule has 0 saturated carbocycles. The van der Waals surface area contributed by atoms with Crippen molar-refractivity contribution >= 4 is 11.8 Å². The van der Waals surface area contributed by atoms with E-state index in [-0.39, 0.29) is 12.5 Å². The predicted octanol–water partition coefficient (Wildman–Crippen LogP) is 0.942. The van der Waals surface area contributed by atoms with Gasteiger partial charge in [-0.25, -0.2) is 4.39 Å². The first-order chi connectivity index (χ1) is 10.9. The number of primary amides is 1. The van der Waals surface area contributed by atoms with Crippen LogP contribution in [0, 0.1) is 18.7 Å². The SMILES string of the molecule is Cc1cc(F)ccc1C(=O)NC[C@@H](Cc1cnn(C)c1)C(N)=O. The standard InChI is InChI=1S/C16H19FN4O2/c1-10-5-13(17)3-4-14(10)16(23)19-8-12(15(18)22)6-11-7-20-21(2)9-11/h3-5,7,9,12H,6,8H2,1-2H3,(H2,18,22)(H,19,23)/t12-/m1/s1. The van der Waals surface area contributed by atoms with Gasteiger partial charge in [0.1, 0.15) is 5.82 Å². The Hall–Kier alpha value is -2.70. The first-order valence-electron chi connectivity index (χ1n) is 7.18. The van der Waals surface area contributed by atoms with E-state index in [0.717, 1.165) is 5.56 Å². The number of hydrogen-bond donors (Lipinski definition) is 2. The van der Waals surface area contributed by atoms with Gasteiger partial charge >= 0.3 is 0 Å². The molecule has 1 atom stereocenters. The number of halogens is 1. The smallest absolute Gasteiger partial charge is 0.251 e. The molecule has 1 aromatic heterocycles. The molecule has 23 heavy (non-hydrogen) atoms. The van der Waals surface area contributed by atoms with Crippen LogP contribution < -0.4 is 11.1 Å². The molecule has 6 nitrogen and oxygen atoms in total. The molecule has 2 rings (SSSR count). The zero-order valence-electron chi connectivity index (χ0n) is 13.0. The van der Waals surface area contributed by atoms with Gasteiger partial charge in [-0.2, -0.15) is 5.10 Å². The Morgan fingerprint density at radius 1 is 1.43 bits per heavy atom. The van der Waals surface area contributed by atoms with Crippen molar-refractivity contribution in [1.29, 1.82) is 0 Å². The topological polar surface area (TPSA) is 90.0 Å². The van der Waals surface area contributed by atoms with Crippen LogP contribution in [0.15, 0.2) is 30.6 Å². The van der Waals surface area contributed by atoms with Gasteiger partial charge in [0.25, 0.3) is 5.91 Å². The van der Waals surface area contributed by atoms with Gasteiger partial charge in [0.2, 0.25) is 5.91 Å². The average molecular weight is 318 g/mol. The molecule has 122 valence electrons. The molecule has 1 aromatic carbocycles. The summed E-state index contributed by atoms with van der Waals surface area (Å²) in [7, 11) is 1.78. The van der Waals surface area contributed by atoms with Gasteiger partial charge in [0.05, 0.1) is 12.1 Å². The highest BCUT2D eigenvalue weighted by atomic mass is 19.1. The zero-order valence-corrected chi connectivity index (χ0v) is 13.0. The molecular weight excluding hydrogens is 299 g/mol. The summed E-state index contributed by atoms with van der Waals surface area (Å²) in [6, 6.07) is 3.93. The van der Waals surface area contributed by atoms with Crippen LogP contribution in [0.3, 0.4) is 0 Å². The lowest BCUT2D eigenvalue weighted by molar-refractivity contribution is -0.121. The van der Waals surface area contributed by atoms with Crippen LogP contribution in [0.2, 0.25) is 0 Å². The second-order valence-corrected chi connectivity index (χ2v) is 5.49. The van der Waals surface area contributed by atoms with Crippen molar-refractivity contribution in [2.45, 2.75) is 13.3 Å². The third-order valence-corrected chi connectivity index (χ3v) is 3.58. The van der Waals surface area contributed by atoms with Crippen LogP contribution in [0.1, 0.15) is 21.5 Å². The lowest BCUT2D eigenvalue weighted by Crippen LogP contribution is -2.37. The third kappa shape index (κ3) is 4.38. The van der Waals surface area contributed by atoms with Crippen LogP contribution in [0.4, 0.5) is 4.39 Å². The van der Waals surface area contributed by atoms with E-state index in [1.165, 1.54) is 18.2 Å². The molecular formula is C16H19FN4O2. The highest BCUT2D eigenvalue weighted by molar-refractivity contribution is 5.95. The molecule has 1 heterocycles. The summed E-state index contributed by atoms with van der Waals surface area (Å²) in [6.45, 7) is 1.76. The van der Waals surface area contributed by atoms with E-state index >= 15 is 0 Å². The molecule has 2 aromatic rings. The van der Waals surface area contributed by atoms with Crippen molar-refractivity contribution < 1.29 is 14.0 Å². The van der Waals surface area contributed by atoms with Gasteiger partial charge in [-0.05, 0) is 42.7 Å². The molecule has 2 amide bonds. The van der Waals surface area contributed by atoms with Crippen molar-refractivity contribution in [3.8, 4) is 0 Å². The van der Waals surface area contributed by atoms with Crippen LogP contribution in [-0.4, -0.2) is 28.1 Å². The number of nitrogens with zero attached hydrogens (tertiary/aromatic N) is 2. The van der Waals surface area contributed by atoms with Gasteiger partial charge in [0.15, 0.2) is 0 Å². The molecule has 0 spiro atoms. The zero-order chi connectivity index (χ0) is 17.0. The second kappa shape index (κ2) is 7.04. The van der Waals surface area contributed by atoms with Crippen LogP contribution in [-0.2, 0) is 18.3 Å². The Morgan fingerprint density at radius 2 is 2.17 bits per heavy atom. The molecule has 0 unspecified atom stereocenters. The van der Waals surface area contributed by atoms with Crippen molar-refractivity contribution in [3.63, 3.8) is 0 Å². The van der Waals surface area contributed by atoms with Crippen molar-refractivity contribution in [1.82, 2.24) is 15.1 Å². The summed E-state index contributed by atoms with van der Waals surface area (Å²) in [5, 5.41) is 6.71. The number of hydrogen-bond acceptors (Lipinski definition) is 3. The van der Waals surface area contributed by atoms with E-state index in [2.05, 4.69) is 10.4 Å². The van der Waals surface area contributed by atoms with E-state index < -0.39 is 17.6 Å². The quantitative estimate of drug-likeness (QED) is 0.830. The number of carbonyl (C=O) groups excluding carboxylic acids is 2. The number of nitrogens with two attached hydrogens (primary N) is 1. The second-order valence-electron chi connectivity index (χ2n) is 5.49. The minimum Gasteiger partial charge on any atom is -0.369 e. The monoisotopic (exact) mass is 318 g/mol. The first kappa shape index (κ1) is 16.7. The molecule has 0 aliphatic heterocycles. The molecule has 0 aliphatic rings. The number of amides is 2. The lowest BCUT2D eigenvalue weighted by Gasteiger charge is -2.14. The summed E-state index contributed by atoms with van der Waals surface area (Å²) in [6.07, 6.45) is 3.84. The number of carbonyl (C=O) groups is 2. The van der Waals surface area contributed by atoms with Crippen LogP contribution in [0.25, 0.3) is 0 Å². The van der Waals surface area contributed by atoms with E-state index in [1.807, 2.05) is 0 Å². The summed E-state index contributed by atoms with van der Waals surface area (Å²) in [5.41, 5.74) is 7.17. The van der Waals surface area contributed by atoms with E-state index in [9.17, 15) is 14.0 Å². The minimum atomic E-state index is -0.538. The summed E-state index contributed by atoms with van der Waals surface area (Å²) >= 11 is 0. The van der Waals surface area contributed by atoms with Crippen LogP contribution in [0.5, 0.6) is 0 Å². The molecule has 7 heteroatoms. The van der Waals surface area contributed by atoms with Gasteiger partial charge < -0.3 is 11.1 Å². The fourth-order valence-corrected chi connectivity index (χ4v) is 2.33. The van der Waals surface area contributed by atoms with Crippen molar-refractivity contribution in [3.05, 3.63) is 53.1 Å².